The maximum atomic E-state index is 12.1. The molecule has 1 saturated heterocycles. The Balaban J connectivity index is 1.80. The Morgan fingerprint density at radius 3 is 2.71 bits per heavy atom. The predicted octanol–water partition coefficient (Wildman–Crippen LogP) is 2.17. The van der Waals surface area contributed by atoms with Crippen molar-refractivity contribution < 1.29 is 18.3 Å². The fraction of sp³-hybridized carbons (Fsp3) is 0.533. The minimum absolute atomic E-state index is 0.0773. The van der Waals surface area contributed by atoms with Gasteiger partial charge >= 0.3 is 6.61 Å². The van der Waals surface area contributed by atoms with Crippen molar-refractivity contribution in [1.29, 1.82) is 0 Å². The number of carbonyl (C=O) groups excluding carboxylic acids is 1. The van der Waals surface area contributed by atoms with E-state index in [-0.39, 0.29) is 17.7 Å². The first kappa shape index (κ1) is 15.7. The SMILES string of the molecule is NC1CCCN(C(=O)CCc2ccc(OC(F)F)cc2)C1. The summed E-state index contributed by atoms with van der Waals surface area (Å²) in [4.78, 5) is 13.9. The normalized spacial score (nSPS) is 18.9. The molecule has 6 heteroatoms. The first-order valence-corrected chi connectivity index (χ1v) is 7.11. The van der Waals surface area contributed by atoms with Crippen LogP contribution in [0, 0.1) is 0 Å². The van der Waals surface area contributed by atoms with Gasteiger partial charge < -0.3 is 15.4 Å². The number of ether oxygens (including phenoxy) is 1. The molecule has 1 atom stereocenters. The number of hydrogen-bond acceptors (Lipinski definition) is 3. The van der Waals surface area contributed by atoms with E-state index < -0.39 is 6.61 Å². The van der Waals surface area contributed by atoms with Gasteiger partial charge in [-0.3, -0.25) is 4.79 Å². The minimum Gasteiger partial charge on any atom is -0.435 e. The zero-order valence-corrected chi connectivity index (χ0v) is 11.8. The average molecular weight is 298 g/mol. The fourth-order valence-electron chi connectivity index (χ4n) is 2.48. The quantitative estimate of drug-likeness (QED) is 0.906. The Labute approximate surface area is 122 Å². The molecule has 1 aromatic carbocycles. The highest BCUT2D eigenvalue weighted by molar-refractivity contribution is 5.76. The van der Waals surface area contributed by atoms with Gasteiger partial charge in [-0.25, -0.2) is 0 Å². The van der Waals surface area contributed by atoms with E-state index in [1.54, 1.807) is 12.1 Å². The summed E-state index contributed by atoms with van der Waals surface area (Å²) in [6.07, 6.45) is 2.91. The van der Waals surface area contributed by atoms with Gasteiger partial charge in [0.05, 0.1) is 0 Å². The fourth-order valence-corrected chi connectivity index (χ4v) is 2.48. The number of amides is 1. The number of piperidine rings is 1. The van der Waals surface area contributed by atoms with Gasteiger partial charge in [0.2, 0.25) is 5.91 Å². The van der Waals surface area contributed by atoms with Crippen molar-refractivity contribution in [2.75, 3.05) is 13.1 Å². The highest BCUT2D eigenvalue weighted by atomic mass is 19.3. The molecule has 1 heterocycles. The Morgan fingerprint density at radius 2 is 2.10 bits per heavy atom. The third-order valence-electron chi connectivity index (χ3n) is 3.59. The van der Waals surface area contributed by atoms with Crippen LogP contribution in [0.25, 0.3) is 0 Å². The maximum absolute atomic E-state index is 12.1. The number of nitrogens with zero attached hydrogens (tertiary/aromatic N) is 1. The van der Waals surface area contributed by atoms with Gasteiger partial charge in [0.1, 0.15) is 5.75 Å². The molecule has 21 heavy (non-hydrogen) atoms. The second kappa shape index (κ2) is 7.36. The van der Waals surface area contributed by atoms with Gasteiger partial charge in [-0.1, -0.05) is 12.1 Å². The zero-order chi connectivity index (χ0) is 15.2. The van der Waals surface area contributed by atoms with Crippen LogP contribution in [0.2, 0.25) is 0 Å². The molecule has 2 N–H and O–H groups in total. The van der Waals surface area contributed by atoms with Gasteiger partial charge in [-0.05, 0) is 37.0 Å². The topological polar surface area (TPSA) is 55.6 Å². The Morgan fingerprint density at radius 1 is 1.38 bits per heavy atom. The summed E-state index contributed by atoms with van der Waals surface area (Å²) < 4.78 is 28.3. The van der Waals surface area contributed by atoms with Crippen molar-refractivity contribution in [2.24, 2.45) is 5.73 Å². The van der Waals surface area contributed by atoms with Gasteiger partial charge in [0, 0.05) is 25.6 Å². The molecule has 1 aromatic rings. The van der Waals surface area contributed by atoms with Crippen LogP contribution in [0.3, 0.4) is 0 Å². The number of aryl methyl sites for hydroxylation is 1. The smallest absolute Gasteiger partial charge is 0.387 e. The summed E-state index contributed by atoms with van der Waals surface area (Å²) >= 11 is 0. The van der Waals surface area contributed by atoms with Crippen molar-refractivity contribution in [1.82, 2.24) is 4.90 Å². The molecule has 4 nitrogen and oxygen atoms in total. The van der Waals surface area contributed by atoms with E-state index >= 15 is 0 Å². The van der Waals surface area contributed by atoms with Crippen LogP contribution in [0.5, 0.6) is 5.75 Å². The number of benzene rings is 1. The first-order chi connectivity index (χ1) is 10.0. The van der Waals surface area contributed by atoms with E-state index in [0.29, 0.717) is 19.4 Å². The molecule has 0 saturated carbocycles. The summed E-state index contributed by atoms with van der Waals surface area (Å²) in [5.41, 5.74) is 6.78. The molecule has 2 rings (SSSR count). The Hall–Kier alpha value is -1.69. The highest BCUT2D eigenvalue weighted by Crippen LogP contribution is 2.16. The number of likely N-dealkylation sites (tertiary alicyclic amines) is 1. The van der Waals surface area contributed by atoms with Crippen LogP contribution >= 0.6 is 0 Å². The van der Waals surface area contributed by atoms with Crippen molar-refractivity contribution in [3.8, 4) is 5.75 Å². The minimum atomic E-state index is -2.82. The molecule has 0 radical (unpaired) electrons. The number of halogens is 2. The lowest BCUT2D eigenvalue weighted by molar-refractivity contribution is -0.132. The molecule has 1 fully saturated rings. The lowest BCUT2D eigenvalue weighted by atomic mass is 10.0. The second-order valence-electron chi connectivity index (χ2n) is 5.26. The zero-order valence-electron chi connectivity index (χ0n) is 11.8. The summed E-state index contributed by atoms with van der Waals surface area (Å²) in [6.45, 7) is -1.42. The Kier molecular flexibility index (Phi) is 5.50. The highest BCUT2D eigenvalue weighted by Gasteiger charge is 2.20. The van der Waals surface area contributed by atoms with Crippen LogP contribution in [-0.4, -0.2) is 36.5 Å². The monoisotopic (exact) mass is 298 g/mol. The molecular formula is C15H20F2N2O2. The van der Waals surface area contributed by atoms with Crippen LogP contribution in [-0.2, 0) is 11.2 Å². The number of carbonyl (C=O) groups is 1. The van der Waals surface area contributed by atoms with Crippen molar-refractivity contribution >= 4 is 5.91 Å². The van der Waals surface area contributed by atoms with E-state index in [9.17, 15) is 13.6 Å². The molecule has 1 aliphatic heterocycles. The molecule has 0 aliphatic carbocycles. The third kappa shape index (κ3) is 4.97. The standard InChI is InChI=1S/C15H20F2N2O2/c16-15(17)21-13-6-3-11(4-7-13)5-8-14(20)19-9-1-2-12(18)10-19/h3-4,6-7,12,15H,1-2,5,8-10,18H2. The van der Waals surface area contributed by atoms with Gasteiger partial charge in [-0.2, -0.15) is 8.78 Å². The molecule has 1 amide bonds. The summed E-state index contributed by atoms with van der Waals surface area (Å²) in [5, 5.41) is 0. The van der Waals surface area contributed by atoms with Gasteiger partial charge in [0.15, 0.2) is 0 Å². The number of hydrogen-bond donors (Lipinski definition) is 1. The van der Waals surface area contributed by atoms with Crippen LogP contribution in [0.1, 0.15) is 24.8 Å². The average Bonchev–Trinajstić information content (AvgIpc) is 2.45. The lowest BCUT2D eigenvalue weighted by Crippen LogP contribution is -2.45. The summed E-state index contributed by atoms with van der Waals surface area (Å²) in [5.74, 6) is 0.222. The van der Waals surface area contributed by atoms with E-state index in [0.717, 1.165) is 24.9 Å². The van der Waals surface area contributed by atoms with E-state index in [1.807, 2.05) is 4.90 Å². The molecule has 116 valence electrons. The number of rotatable bonds is 5. The lowest BCUT2D eigenvalue weighted by Gasteiger charge is -2.30. The van der Waals surface area contributed by atoms with Crippen LogP contribution < -0.4 is 10.5 Å². The maximum Gasteiger partial charge on any atom is 0.387 e. The van der Waals surface area contributed by atoms with Crippen LogP contribution in [0.4, 0.5) is 8.78 Å². The largest absolute Gasteiger partial charge is 0.435 e. The molecular weight excluding hydrogens is 278 g/mol. The molecule has 1 unspecified atom stereocenters. The van der Waals surface area contributed by atoms with E-state index in [2.05, 4.69) is 4.74 Å². The third-order valence-corrected chi connectivity index (χ3v) is 3.59. The summed E-state index contributed by atoms with van der Waals surface area (Å²) in [6, 6.07) is 6.46. The summed E-state index contributed by atoms with van der Waals surface area (Å²) in [7, 11) is 0. The molecule has 0 aromatic heterocycles. The van der Waals surface area contributed by atoms with E-state index in [1.165, 1.54) is 12.1 Å². The predicted molar refractivity (Wildman–Crippen MR) is 75.2 cm³/mol. The van der Waals surface area contributed by atoms with Crippen molar-refractivity contribution in [3.63, 3.8) is 0 Å². The van der Waals surface area contributed by atoms with E-state index in [4.69, 9.17) is 5.73 Å². The van der Waals surface area contributed by atoms with Gasteiger partial charge in [0.25, 0.3) is 0 Å². The molecule has 0 spiro atoms. The van der Waals surface area contributed by atoms with Crippen molar-refractivity contribution in [3.05, 3.63) is 29.8 Å². The second-order valence-corrected chi connectivity index (χ2v) is 5.26. The number of nitrogens with two attached hydrogens (primary N) is 1. The number of alkyl halides is 2. The molecule has 1 aliphatic rings. The molecule has 0 bridgehead atoms. The Bertz CT molecular complexity index is 465. The van der Waals surface area contributed by atoms with Gasteiger partial charge in [-0.15, -0.1) is 0 Å². The first-order valence-electron chi connectivity index (χ1n) is 7.11. The van der Waals surface area contributed by atoms with Crippen LogP contribution in [0.15, 0.2) is 24.3 Å². The van der Waals surface area contributed by atoms with Crippen molar-refractivity contribution in [2.45, 2.75) is 38.3 Å².